The molecule has 1 aliphatic rings. The lowest BCUT2D eigenvalue weighted by Crippen LogP contribution is -2.44. The average molecular weight is 437 g/mol. The van der Waals surface area contributed by atoms with Crippen LogP contribution in [-0.2, 0) is 4.79 Å². The Bertz CT molecular complexity index is 1160. The molecule has 1 N–H and O–H groups in total. The highest BCUT2D eigenvalue weighted by Crippen LogP contribution is 2.29. The van der Waals surface area contributed by atoms with E-state index in [1.54, 1.807) is 12.3 Å². The zero-order chi connectivity index (χ0) is 22.0. The van der Waals surface area contributed by atoms with Crippen LogP contribution in [0.2, 0.25) is 0 Å². The fourth-order valence-corrected chi connectivity index (χ4v) is 5.03. The normalized spacial score (nSPS) is 21.2. The molecular formula is C24H28N4O2S. The molecule has 0 bridgehead atoms. The molecule has 0 aliphatic heterocycles. The molecule has 1 fully saturated rings. The number of amides is 1. The average Bonchev–Trinajstić information content (AvgIpc) is 2.75. The molecule has 1 aliphatic carbocycles. The zero-order valence-corrected chi connectivity index (χ0v) is 19.0. The number of aromatic nitrogens is 3. The number of nitrogens with one attached hydrogen (secondary N) is 1. The number of rotatable bonds is 5. The van der Waals surface area contributed by atoms with Crippen molar-refractivity contribution < 1.29 is 4.79 Å². The van der Waals surface area contributed by atoms with Crippen LogP contribution >= 0.6 is 11.8 Å². The number of aryl methyl sites for hydroxylation is 1. The van der Waals surface area contributed by atoms with Crippen LogP contribution in [-0.4, -0.2) is 32.2 Å². The maximum absolute atomic E-state index is 13.3. The minimum absolute atomic E-state index is 0.0258. The van der Waals surface area contributed by atoms with Crippen molar-refractivity contribution >= 4 is 28.6 Å². The third-order valence-electron chi connectivity index (χ3n) is 6.26. The summed E-state index contributed by atoms with van der Waals surface area (Å²) in [4.78, 5) is 35.1. The predicted molar refractivity (Wildman–Crippen MR) is 125 cm³/mol. The first-order valence-electron chi connectivity index (χ1n) is 10.8. The van der Waals surface area contributed by atoms with Gasteiger partial charge < -0.3 is 5.32 Å². The highest BCUT2D eigenvalue weighted by molar-refractivity contribution is 7.99. The first-order chi connectivity index (χ1) is 14.9. The monoisotopic (exact) mass is 436 g/mol. The standard InChI is InChI=1S/C24H28N4O2S/c1-15-11-12-25-21(13-15)28-23(30)18-8-4-5-9-20(18)27-24(28)31-14-22(29)26-19-10-6-7-16(2)17(19)3/h4-5,8-9,11-13,16-17,19H,6-7,10,14H2,1-3H3,(H,26,29). The second-order valence-electron chi connectivity index (χ2n) is 8.47. The summed E-state index contributed by atoms with van der Waals surface area (Å²) < 4.78 is 1.51. The molecule has 0 saturated heterocycles. The third kappa shape index (κ3) is 4.66. The van der Waals surface area contributed by atoms with Crippen molar-refractivity contribution in [1.82, 2.24) is 19.9 Å². The van der Waals surface area contributed by atoms with Crippen LogP contribution in [0.3, 0.4) is 0 Å². The molecule has 2 heterocycles. The van der Waals surface area contributed by atoms with E-state index in [1.807, 2.05) is 37.3 Å². The van der Waals surface area contributed by atoms with Crippen LogP contribution in [0.25, 0.3) is 16.7 Å². The molecule has 3 unspecified atom stereocenters. The number of benzene rings is 1. The molecule has 7 heteroatoms. The molecule has 1 saturated carbocycles. The highest BCUT2D eigenvalue weighted by Gasteiger charge is 2.28. The number of carbonyl (C=O) groups excluding carboxylic acids is 1. The summed E-state index contributed by atoms with van der Waals surface area (Å²) in [6.45, 7) is 6.43. The lowest BCUT2D eigenvalue weighted by atomic mass is 9.78. The summed E-state index contributed by atoms with van der Waals surface area (Å²) in [6.07, 6.45) is 5.07. The number of pyridine rings is 1. The molecule has 0 radical (unpaired) electrons. The van der Waals surface area contributed by atoms with Gasteiger partial charge >= 0.3 is 0 Å². The molecule has 3 aromatic rings. The van der Waals surface area contributed by atoms with Gasteiger partial charge in [-0.25, -0.2) is 14.5 Å². The fourth-order valence-electron chi connectivity index (χ4n) is 4.22. The van der Waals surface area contributed by atoms with Gasteiger partial charge in [-0.05, 0) is 55.0 Å². The Kier molecular flexibility index (Phi) is 6.41. The molecular weight excluding hydrogens is 408 g/mol. The van der Waals surface area contributed by atoms with E-state index in [0.29, 0.717) is 33.7 Å². The van der Waals surface area contributed by atoms with Gasteiger partial charge in [0.05, 0.1) is 16.7 Å². The Hall–Kier alpha value is -2.67. The van der Waals surface area contributed by atoms with Crippen molar-refractivity contribution in [3.05, 3.63) is 58.5 Å². The number of fused-ring (bicyclic) bond motifs is 1. The minimum atomic E-state index is -0.179. The summed E-state index contributed by atoms with van der Waals surface area (Å²) >= 11 is 1.28. The highest BCUT2D eigenvalue weighted by atomic mass is 32.2. The van der Waals surface area contributed by atoms with Crippen molar-refractivity contribution in [2.24, 2.45) is 11.8 Å². The Morgan fingerprint density at radius 2 is 2.03 bits per heavy atom. The largest absolute Gasteiger partial charge is 0.352 e. The molecule has 162 valence electrons. The second kappa shape index (κ2) is 9.22. The van der Waals surface area contributed by atoms with E-state index >= 15 is 0 Å². The van der Waals surface area contributed by atoms with Crippen molar-refractivity contribution in [1.29, 1.82) is 0 Å². The lowest BCUT2D eigenvalue weighted by molar-refractivity contribution is -0.120. The van der Waals surface area contributed by atoms with E-state index in [0.717, 1.165) is 18.4 Å². The fraction of sp³-hybridized carbons (Fsp3) is 0.417. The summed E-state index contributed by atoms with van der Waals surface area (Å²) in [7, 11) is 0. The van der Waals surface area contributed by atoms with Crippen LogP contribution in [0.1, 0.15) is 38.7 Å². The maximum Gasteiger partial charge on any atom is 0.267 e. The zero-order valence-electron chi connectivity index (χ0n) is 18.2. The molecule has 2 aromatic heterocycles. The van der Waals surface area contributed by atoms with Gasteiger partial charge in [-0.2, -0.15) is 0 Å². The van der Waals surface area contributed by atoms with Crippen LogP contribution in [0.4, 0.5) is 0 Å². The molecule has 1 aromatic carbocycles. The van der Waals surface area contributed by atoms with E-state index < -0.39 is 0 Å². The van der Waals surface area contributed by atoms with Crippen molar-refractivity contribution in [2.75, 3.05) is 5.75 Å². The summed E-state index contributed by atoms with van der Waals surface area (Å²) in [5.74, 6) is 1.78. The van der Waals surface area contributed by atoms with Gasteiger partial charge in [0.2, 0.25) is 5.91 Å². The van der Waals surface area contributed by atoms with E-state index in [2.05, 4.69) is 24.1 Å². The number of hydrogen-bond donors (Lipinski definition) is 1. The van der Waals surface area contributed by atoms with E-state index in [-0.39, 0.29) is 23.3 Å². The Morgan fingerprint density at radius 1 is 1.23 bits per heavy atom. The number of nitrogens with zero attached hydrogens (tertiary/aromatic N) is 3. The molecule has 4 rings (SSSR count). The van der Waals surface area contributed by atoms with Crippen LogP contribution in [0.15, 0.2) is 52.5 Å². The van der Waals surface area contributed by atoms with Gasteiger partial charge in [0, 0.05) is 12.2 Å². The quantitative estimate of drug-likeness (QED) is 0.481. The van der Waals surface area contributed by atoms with E-state index in [1.165, 1.54) is 22.7 Å². The number of hydrogen-bond acceptors (Lipinski definition) is 5. The van der Waals surface area contributed by atoms with Gasteiger partial charge in [-0.15, -0.1) is 0 Å². The molecule has 3 atom stereocenters. The first kappa shape index (κ1) is 21.6. The molecule has 0 spiro atoms. The lowest BCUT2D eigenvalue weighted by Gasteiger charge is -2.34. The van der Waals surface area contributed by atoms with Gasteiger partial charge in [-0.1, -0.05) is 50.6 Å². The summed E-state index contributed by atoms with van der Waals surface area (Å²) in [5, 5.41) is 4.21. The van der Waals surface area contributed by atoms with Crippen LogP contribution < -0.4 is 10.9 Å². The number of carbonyl (C=O) groups is 1. The molecule has 6 nitrogen and oxygen atoms in total. The van der Waals surface area contributed by atoms with Crippen molar-refractivity contribution in [3.8, 4) is 5.82 Å². The molecule has 1 amide bonds. The Labute approximate surface area is 186 Å². The van der Waals surface area contributed by atoms with Crippen LogP contribution in [0, 0.1) is 18.8 Å². The van der Waals surface area contributed by atoms with Gasteiger partial charge in [0.25, 0.3) is 5.56 Å². The summed E-state index contributed by atoms with van der Waals surface area (Å²) in [6, 6.07) is 11.2. The van der Waals surface area contributed by atoms with E-state index in [9.17, 15) is 9.59 Å². The van der Waals surface area contributed by atoms with Crippen LogP contribution in [0.5, 0.6) is 0 Å². The van der Waals surface area contributed by atoms with Gasteiger partial charge in [0.15, 0.2) is 5.16 Å². The first-order valence-corrected chi connectivity index (χ1v) is 11.8. The Morgan fingerprint density at radius 3 is 2.84 bits per heavy atom. The van der Waals surface area contributed by atoms with Gasteiger partial charge in [-0.3, -0.25) is 9.59 Å². The minimum Gasteiger partial charge on any atom is -0.352 e. The van der Waals surface area contributed by atoms with Crippen molar-refractivity contribution in [3.63, 3.8) is 0 Å². The summed E-state index contributed by atoms with van der Waals surface area (Å²) in [5.41, 5.74) is 1.44. The second-order valence-corrected chi connectivity index (χ2v) is 9.42. The number of thioether (sulfide) groups is 1. The maximum atomic E-state index is 13.3. The topological polar surface area (TPSA) is 76.9 Å². The van der Waals surface area contributed by atoms with E-state index in [4.69, 9.17) is 4.98 Å². The Balaban J connectivity index is 1.61. The van der Waals surface area contributed by atoms with Crippen molar-refractivity contribution in [2.45, 2.75) is 51.2 Å². The SMILES string of the molecule is Cc1ccnc(-n2c(SCC(=O)NC3CCCC(C)C3C)nc3ccccc3c2=O)c1. The molecule has 31 heavy (non-hydrogen) atoms. The van der Waals surface area contributed by atoms with Gasteiger partial charge in [0.1, 0.15) is 5.82 Å². The third-order valence-corrected chi connectivity index (χ3v) is 7.20. The number of para-hydroxylation sites is 1. The smallest absolute Gasteiger partial charge is 0.267 e. The predicted octanol–water partition coefficient (Wildman–Crippen LogP) is 4.12.